The number of aryl methyl sites for hydroxylation is 4. The number of esters is 2. The summed E-state index contributed by atoms with van der Waals surface area (Å²) in [6.45, 7) is 17.2. The Kier molecular flexibility index (Phi) is 34.4. The molecule has 4 saturated heterocycles. The highest BCUT2D eigenvalue weighted by Crippen LogP contribution is 2.29. The number of aliphatic carboxylic acids is 2. The molecule has 620 valence electrons. The molecule has 0 aliphatic carbocycles. The van der Waals surface area contributed by atoms with Gasteiger partial charge in [-0.2, -0.15) is 40.3 Å². The zero-order valence-electron chi connectivity index (χ0n) is 66.8. The van der Waals surface area contributed by atoms with Crippen LogP contribution < -0.4 is 40.2 Å². The second-order valence-electron chi connectivity index (χ2n) is 29.1. The van der Waals surface area contributed by atoms with Crippen molar-refractivity contribution in [3.05, 3.63) is 167 Å². The van der Waals surface area contributed by atoms with Crippen molar-refractivity contribution < 1.29 is 63.3 Å². The first kappa shape index (κ1) is 86.4. The van der Waals surface area contributed by atoms with Gasteiger partial charge in [0.15, 0.2) is 0 Å². The quantitative estimate of drug-likeness (QED) is 0.0118. The summed E-state index contributed by atoms with van der Waals surface area (Å²) in [6.07, 6.45) is 18.8. The monoisotopic (exact) mass is 1590 g/mol. The van der Waals surface area contributed by atoms with Gasteiger partial charge in [0.2, 0.25) is 59.3 Å². The summed E-state index contributed by atoms with van der Waals surface area (Å²) in [5, 5.41) is 49.1. The molecule has 4 fully saturated rings. The van der Waals surface area contributed by atoms with Crippen LogP contribution >= 0.6 is 0 Å². The first-order valence-electron chi connectivity index (χ1n) is 40.2. The fourth-order valence-electron chi connectivity index (χ4n) is 14.0. The molecule has 12 rings (SSSR count). The Hall–Kier alpha value is -11.0. The zero-order valence-corrected chi connectivity index (χ0v) is 66.8. The summed E-state index contributed by atoms with van der Waals surface area (Å²) in [4.78, 5) is 75.9. The number of aromatic nitrogens is 12. The van der Waals surface area contributed by atoms with Crippen LogP contribution in [0.2, 0.25) is 0 Å². The van der Waals surface area contributed by atoms with Gasteiger partial charge in [-0.25, -0.2) is 37.9 Å². The maximum Gasteiger partial charge on any atom is 0.332 e. The predicted molar refractivity (Wildman–Crippen MR) is 434 cm³/mol. The van der Waals surface area contributed by atoms with Crippen LogP contribution in [-0.2, 0) is 83.0 Å². The predicted octanol–water partition coefficient (Wildman–Crippen LogP) is 9.08. The molecule has 0 radical (unpaired) electrons. The van der Waals surface area contributed by atoms with E-state index in [2.05, 4.69) is 130 Å². The van der Waals surface area contributed by atoms with Crippen LogP contribution in [0.3, 0.4) is 0 Å². The molecule has 8 aromatic rings. The van der Waals surface area contributed by atoms with E-state index in [9.17, 15) is 19.2 Å². The third-order valence-corrected chi connectivity index (χ3v) is 19.8. The molecule has 4 aliphatic heterocycles. The minimum absolute atomic E-state index is 0. The zero-order chi connectivity index (χ0) is 79.6. The highest BCUT2D eigenvalue weighted by molar-refractivity contribution is 5.91. The molecule has 0 amide bonds. The van der Waals surface area contributed by atoms with Crippen molar-refractivity contribution in [2.24, 2.45) is 28.2 Å². The molecule has 8 N–H and O–H groups in total. The van der Waals surface area contributed by atoms with Gasteiger partial charge in [0.05, 0.1) is 26.4 Å². The Labute approximate surface area is 672 Å². The van der Waals surface area contributed by atoms with Crippen LogP contribution in [0.15, 0.2) is 121 Å². The summed E-state index contributed by atoms with van der Waals surface area (Å²) in [6, 6.07) is 33.1. The van der Waals surface area contributed by atoms with Crippen molar-refractivity contribution in [3.8, 4) is 23.0 Å². The lowest BCUT2D eigenvalue weighted by atomic mass is 10.1. The minimum atomic E-state index is -1.28. The number of nitrogens with one attached hydrogen (secondary N) is 4. The summed E-state index contributed by atoms with van der Waals surface area (Å²) in [7, 11) is 6.88. The Morgan fingerprint density at radius 1 is 0.365 bits per heavy atom. The number of carbonyl (C=O) groups excluding carboxylic acids is 2. The van der Waals surface area contributed by atoms with Crippen molar-refractivity contribution in [2.75, 3.05) is 126 Å². The molecule has 115 heavy (non-hydrogen) atoms. The third kappa shape index (κ3) is 28.8. The van der Waals surface area contributed by atoms with Gasteiger partial charge in [-0.05, 0) is 200 Å². The first-order chi connectivity index (χ1) is 55.6. The number of carboxylic acids is 2. The van der Waals surface area contributed by atoms with E-state index in [4.69, 9.17) is 38.6 Å². The topological polar surface area (TPSA) is 380 Å². The number of carbonyl (C=O) groups is 4. The number of carboxylic acid groups (broad SMARTS) is 2. The third-order valence-electron chi connectivity index (χ3n) is 19.8. The molecule has 4 aliphatic rings. The number of nitrogens with zero attached hydrogens (tertiary/aromatic N) is 16. The summed E-state index contributed by atoms with van der Waals surface area (Å²) < 4.78 is 41.7. The van der Waals surface area contributed by atoms with Gasteiger partial charge in [-0.1, -0.05) is 74.2 Å². The number of rotatable bonds is 42. The molecule has 0 bridgehead atoms. The second kappa shape index (κ2) is 45.8. The highest BCUT2D eigenvalue weighted by Gasteiger charge is 2.31. The summed E-state index contributed by atoms with van der Waals surface area (Å²) in [5.41, 5.74) is 5.01. The Morgan fingerprint density at radius 2 is 0.600 bits per heavy atom. The molecule has 33 nitrogen and oxygen atoms in total. The Morgan fingerprint density at radius 3 is 0.826 bits per heavy atom. The molecule has 4 aromatic heterocycles. The normalized spacial score (nSPS) is 15.1. The van der Waals surface area contributed by atoms with Gasteiger partial charge in [0.1, 0.15) is 23.0 Å². The van der Waals surface area contributed by atoms with E-state index in [1.54, 1.807) is 46.9 Å². The van der Waals surface area contributed by atoms with Gasteiger partial charge in [-0.3, -0.25) is 19.6 Å². The summed E-state index contributed by atoms with van der Waals surface area (Å²) in [5.74, 6) is 1.34. The van der Waals surface area contributed by atoms with Gasteiger partial charge in [0.25, 0.3) is 0 Å². The van der Waals surface area contributed by atoms with E-state index < -0.39 is 36.1 Å². The smallest absolute Gasteiger partial charge is 0.332 e. The molecule has 4 aromatic carbocycles. The molecule has 0 saturated carbocycles. The van der Waals surface area contributed by atoms with E-state index >= 15 is 0 Å². The fraction of sp³-hybridized carbons (Fsp3) is 0.512. The number of likely N-dealkylation sites (tertiary alicyclic amines) is 4. The minimum Gasteiger partial charge on any atom is -0.494 e. The maximum absolute atomic E-state index is 12.7. The standard InChI is InChI=1S/2C41H56N10O6.H2O/c2*1-48-40(42-19-11-25-55-33-15-9-13-31(27-33)29-50-21-5-3-6-22-50)44-38(46-48)37(57-36(54)18-17-35(52)53)39-45-41(49(2)47-39)43-20-12-26-56-34-16-10-14-32(28-34)30-51-23-7-4-8-24-51;/h2*9-10,13-18,27-28,37H,3-8,11-12,19-26,29-30H2,1-2H3,(H,52,53)(H,42,44,46)(H,43,45,47);1H2. The van der Waals surface area contributed by atoms with E-state index in [1.807, 2.05) is 48.5 Å². The van der Waals surface area contributed by atoms with Crippen LogP contribution in [0.25, 0.3) is 0 Å². The molecular formula is C82H114N20O13. The number of anilines is 4. The molecule has 0 spiro atoms. The Balaban J connectivity index is 0.000000241. The molecule has 8 heterocycles. The lowest BCUT2D eigenvalue weighted by Crippen LogP contribution is -2.29. The lowest BCUT2D eigenvalue weighted by molar-refractivity contribution is -0.143. The molecule has 0 unspecified atom stereocenters. The number of benzene rings is 4. The van der Waals surface area contributed by atoms with Crippen LogP contribution in [0.4, 0.5) is 23.8 Å². The van der Waals surface area contributed by atoms with E-state index in [0.717, 1.165) is 114 Å². The van der Waals surface area contributed by atoms with Crippen molar-refractivity contribution in [2.45, 2.75) is 141 Å². The second-order valence-corrected chi connectivity index (χ2v) is 29.1. The van der Waals surface area contributed by atoms with Crippen molar-refractivity contribution in [1.82, 2.24) is 78.7 Å². The molecule has 33 heteroatoms. The van der Waals surface area contributed by atoms with Crippen LogP contribution in [0.5, 0.6) is 23.0 Å². The van der Waals surface area contributed by atoms with E-state index in [1.165, 1.54) is 99.3 Å². The van der Waals surface area contributed by atoms with Gasteiger partial charge < -0.3 is 65.4 Å². The number of piperidine rings is 4. The van der Waals surface area contributed by atoms with E-state index in [0.29, 0.717) is 114 Å². The molecular weight excluding hydrogens is 1470 g/mol. The average Bonchev–Trinajstić information content (AvgIpc) is 1.66. The van der Waals surface area contributed by atoms with Crippen molar-refractivity contribution >= 4 is 47.7 Å². The number of hydrogen-bond acceptors (Lipinski definition) is 26. The number of ether oxygens (including phenoxy) is 6. The lowest BCUT2D eigenvalue weighted by Gasteiger charge is -2.26. The van der Waals surface area contributed by atoms with Gasteiger partial charge in [0, 0.05) is 105 Å². The van der Waals surface area contributed by atoms with E-state index in [-0.39, 0.29) is 28.8 Å². The van der Waals surface area contributed by atoms with Crippen LogP contribution in [-0.4, -0.2) is 223 Å². The van der Waals surface area contributed by atoms with Crippen LogP contribution in [0.1, 0.15) is 160 Å². The SMILES string of the molecule is Cn1nc(C(OC(=O)C=CC(=O)O)c2nc(NCCCOc3cccc(CN4CCCCC4)c3)n(C)n2)nc1NCCCOc1cccc(CN2CCCCC2)c1.Cn1nc(C(OC(=O)C=CC(=O)O)c2nc(NCCCOc3cccc(CN4CCCCC4)c3)n(C)n2)nc1NCCCOc1cccc(CN2CCCCC2)c1.O. The first-order valence-corrected chi connectivity index (χ1v) is 40.2. The van der Waals surface area contributed by atoms with Crippen molar-refractivity contribution in [1.29, 1.82) is 0 Å². The number of hydrogen-bond donors (Lipinski definition) is 6. The molecule has 0 atom stereocenters. The van der Waals surface area contributed by atoms with Gasteiger partial charge in [-0.15, -0.1) is 0 Å². The average molecular weight is 1590 g/mol. The maximum atomic E-state index is 12.7. The largest absolute Gasteiger partial charge is 0.494 e. The Bertz CT molecular complexity index is 3870. The van der Waals surface area contributed by atoms with Crippen molar-refractivity contribution in [3.63, 3.8) is 0 Å². The highest BCUT2D eigenvalue weighted by atomic mass is 16.6. The van der Waals surface area contributed by atoms with Gasteiger partial charge >= 0.3 is 23.9 Å². The van der Waals surface area contributed by atoms with Crippen LogP contribution in [0, 0.1) is 0 Å². The fourth-order valence-corrected chi connectivity index (χ4v) is 14.0. The summed E-state index contributed by atoms with van der Waals surface area (Å²) >= 11 is 0.